The number of ether oxygens (including phenoxy) is 1. The molecule has 1 amide bonds. The summed E-state index contributed by atoms with van der Waals surface area (Å²) >= 11 is 0. The Hall–Kier alpha value is -1.60. The summed E-state index contributed by atoms with van der Waals surface area (Å²) in [7, 11) is -2.00. The lowest BCUT2D eigenvalue weighted by Crippen LogP contribution is -2.37. The highest BCUT2D eigenvalue weighted by atomic mass is 32.2. The first-order valence-corrected chi connectivity index (χ1v) is 10.2. The lowest BCUT2D eigenvalue weighted by Gasteiger charge is -2.22. The number of rotatable bonds is 5. The third-order valence-corrected chi connectivity index (χ3v) is 6.47. The first-order chi connectivity index (χ1) is 11.8. The van der Waals surface area contributed by atoms with E-state index >= 15 is 0 Å². The van der Waals surface area contributed by atoms with Crippen LogP contribution >= 0.6 is 0 Å². The average molecular weight is 368 g/mol. The van der Waals surface area contributed by atoms with Gasteiger partial charge in [0.15, 0.2) is 0 Å². The van der Waals surface area contributed by atoms with Crippen LogP contribution in [0.3, 0.4) is 0 Å². The Morgan fingerprint density at radius 1 is 1.20 bits per heavy atom. The summed E-state index contributed by atoms with van der Waals surface area (Å²) in [6.45, 7) is 7.66. The fourth-order valence-corrected chi connectivity index (χ4v) is 4.59. The molecule has 0 aliphatic carbocycles. The highest BCUT2D eigenvalue weighted by Gasteiger charge is 2.28. The van der Waals surface area contributed by atoms with Crippen molar-refractivity contribution in [3.63, 3.8) is 0 Å². The smallest absolute Gasteiger partial charge is 0.243 e. The second-order valence-electron chi connectivity index (χ2n) is 6.55. The number of carbonyl (C=O) groups is 1. The predicted molar refractivity (Wildman–Crippen MR) is 97.3 cm³/mol. The number of methoxy groups -OCH3 is 1. The van der Waals surface area contributed by atoms with Crippen LogP contribution in [-0.2, 0) is 14.8 Å². The normalized spacial score (nSPS) is 16.8. The molecule has 0 atom stereocenters. The summed E-state index contributed by atoms with van der Waals surface area (Å²) in [6, 6.07) is 5.02. The van der Waals surface area contributed by atoms with Gasteiger partial charge in [-0.1, -0.05) is 20.8 Å². The van der Waals surface area contributed by atoms with Crippen LogP contribution in [-0.4, -0.2) is 56.8 Å². The summed E-state index contributed by atoms with van der Waals surface area (Å²) in [5.41, 5.74) is 0.876. The first-order valence-electron chi connectivity index (χ1n) is 8.77. The molecule has 1 aliphatic rings. The molecule has 1 aromatic carbocycles. The van der Waals surface area contributed by atoms with Crippen molar-refractivity contribution in [3.8, 4) is 5.75 Å². The van der Waals surface area contributed by atoms with Crippen LogP contribution in [0.5, 0.6) is 5.75 Å². The zero-order chi connectivity index (χ0) is 18.6. The van der Waals surface area contributed by atoms with E-state index in [9.17, 15) is 13.2 Å². The van der Waals surface area contributed by atoms with Gasteiger partial charge < -0.3 is 9.64 Å². The summed E-state index contributed by atoms with van der Waals surface area (Å²) < 4.78 is 32.9. The molecule has 0 aromatic heterocycles. The molecule has 6 nitrogen and oxygen atoms in total. The number of hydrogen-bond donors (Lipinski definition) is 0. The van der Waals surface area contributed by atoms with Crippen LogP contribution in [0.1, 0.15) is 45.1 Å². The third-order valence-electron chi connectivity index (χ3n) is 4.57. The average Bonchev–Trinajstić information content (AvgIpc) is 2.87. The van der Waals surface area contributed by atoms with Gasteiger partial charge in [-0.2, -0.15) is 4.31 Å². The second kappa shape index (κ2) is 8.19. The molecular formula is C18H28N2O4S. The first kappa shape index (κ1) is 19.7. The Kier molecular flexibility index (Phi) is 6.46. The molecule has 1 saturated heterocycles. The van der Waals surface area contributed by atoms with Gasteiger partial charge in [0, 0.05) is 32.6 Å². The molecule has 1 fully saturated rings. The minimum absolute atomic E-state index is 0.0748. The zero-order valence-corrected chi connectivity index (χ0v) is 16.3. The van der Waals surface area contributed by atoms with E-state index in [1.54, 1.807) is 30.2 Å². The van der Waals surface area contributed by atoms with Crippen molar-refractivity contribution in [2.24, 2.45) is 0 Å². The topological polar surface area (TPSA) is 66.9 Å². The SMILES string of the molecule is CCC(=O)N1CCCN(S(=O)(=O)c2ccc(OC)c(C(C)C)c2)CC1. The van der Waals surface area contributed by atoms with E-state index in [4.69, 9.17) is 4.74 Å². The molecule has 0 N–H and O–H groups in total. The van der Waals surface area contributed by atoms with E-state index in [-0.39, 0.29) is 16.7 Å². The van der Waals surface area contributed by atoms with Crippen molar-refractivity contribution in [1.29, 1.82) is 0 Å². The lowest BCUT2D eigenvalue weighted by molar-refractivity contribution is -0.130. The van der Waals surface area contributed by atoms with Crippen molar-refractivity contribution >= 4 is 15.9 Å². The van der Waals surface area contributed by atoms with Crippen molar-refractivity contribution in [2.75, 3.05) is 33.3 Å². The maximum absolute atomic E-state index is 13.0. The molecule has 1 heterocycles. The zero-order valence-electron chi connectivity index (χ0n) is 15.5. The minimum atomic E-state index is -3.58. The van der Waals surface area contributed by atoms with Crippen LogP contribution < -0.4 is 4.74 Å². The van der Waals surface area contributed by atoms with Crippen molar-refractivity contribution in [3.05, 3.63) is 23.8 Å². The second-order valence-corrected chi connectivity index (χ2v) is 8.49. The van der Waals surface area contributed by atoms with Crippen LogP contribution in [0.2, 0.25) is 0 Å². The maximum atomic E-state index is 13.0. The highest BCUT2D eigenvalue weighted by molar-refractivity contribution is 7.89. The number of carbonyl (C=O) groups excluding carboxylic acids is 1. The van der Waals surface area contributed by atoms with Crippen LogP contribution in [0, 0.1) is 0 Å². The summed E-state index contributed by atoms with van der Waals surface area (Å²) in [5, 5.41) is 0. The molecule has 0 spiro atoms. The predicted octanol–water partition coefficient (Wildman–Crippen LogP) is 2.45. The Morgan fingerprint density at radius 3 is 2.52 bits per heavy atom. The van der Waals surface area contributed by atoms with E-state index in [2.05, 4.69) is 0 Å². The number of benzene rings is 1. The van der Waals surface area contributed by atoms with Crippen molar-refractivity contribution in [1.82, 2.24) is 9.21 Å². The molecule has 140 valence electrons. The quantitative estimate of drug-likeness (QED) is 0.801. The van der Waals surface area contributed by atoms with Gasteiger partial charge in [0.1, 0.15) is 5.75 Å². The van der Waals surface area contributed by atoms with E-state index < -0.39 is 10.0 Å². The lowest BCUT2D eigenvalue weighted by atomic mass is 10.0. The van der Waals surface area contributed by atoms with Gasteiger partial charge in [0.05, 0.1) is 12.0 Å². The van der Waals surface area contributed by atoms with Gasteiger partial charge in [-0.3, -0.25) is 4.79 Å². The summed E-state index contributed by atoms with van der Waals surface area (Å²) in [4.78, 5) is 13.9. The van der Waals surface area contributed by atoms with Gasteiger partial charge in [-0.25, -0.2) is 8.42 Å². The molecule has 0 radical (unpaired) electrons. The van der Waals surface area contributed by atoms with Crippen LogP contribution in [0.15, 0.2) is 23.1 Å². The van der Waals surface area contributed by atoms with Gasteiger partial charge in [0.2, 0.25) is 15.9 Å². The third kappa shape index (κ3) is 4.33. The number of nitrogens with zero attached hydrogens (tertiary/aromatic N) is 2. The number of sulfonamides is 1. The minimum Gasteiger partial charge on any atom is -0.496 e. The van der Waals surface area contributed by atoms with Crippen LogP contribution in [0.4, 0.5) is 0 Å². The fourth-order valence-electron chi connectivity index (χ4n) is 3.08. The molecule has 0 saturated carbocycles. The Bertz CT molecular complexity index is 716. The molecular weight excluding hydrogens is 340 g/mol. The largest absolute Gasteiger partial charge is 0.496 e. The van der Waals surface area contributed by atoms with Gasteiger partial charge >= 0.3 is 0 Å². The highest BCUT2D eigenvalue weighted by Crippen LogP contribution is 2.30. The molecule has 2 rings (SSSR count). The molecule has 1 aromatic rings. The van der Waals surface area contributed by atoms with E-state index in [1.807, 2.05) is 20.8 Å². The summed E-state index contributed by atoms with van der Waals surface area (Å²) in [5.74, 6) is 0.933. The van der Waals surface area contributed by atoms with E-state index in [0.29, 0.717) is 44.8 Å². The van der Waals surface area contributed by atoms with E-state index in [1.165, 1.54) is 4.31 Å². The Labute approximate surface area is 150 Å². The van der Waals surface area contributed by atoms with Crippen LogP contribution in [0.25, 0.3) is 0 Å². The van der Waals surface area contributed by atoms with Gasteiger partial charge in [0.25, 0.3) is 0 Å². The van der Waals surface area contributed by atoms with Crippen molar-refractivity contribution in [2.45, 2.75) is 44.4 Å². The monoisotopic (exact) mass is 368 g/mol. The number of hydrogen-bond acceptors (Lipinski definition) is 4. The van der Waals surface area contributed by atoms with Gasteiger partial charge in [-0.15, -0.1) is 0 Å². The standard InChI is InChI=1S/C18H28N2O4S/c1-5-18(21)19-9-6-10-20(12-11-19)25(22,23)15-7-8-17(24-4)16(13-15)14(2)3/h7-8,13-14H,5-6,9-12H2,1-4H3. The Balaban J connectivity index is 2.26. The summed E-state index contributed by atoms with van der Waals surface area (Å²) in [6.07, 6.45) is 1.10. The molecule has 25 heavy (non-hydrogen) atoms. The van der Waals surface area contributed by atoms with Crippen molar-refractivity contribution < 1.29 is 17.9 Å². The van der Waals surface area contributed by atoms with E-state index in [0.717, 1.165) is 5.56 Å². The molecule has 0 bridgehead atoms. The number of amides is 1. The van der Waals surface area contributed by atoms with Gasteiger partial charge in [-0.05, 0) is 36.1 Å². The molecule has 7 heteroatoms. The maximum Gasteiger partial charge on any atom is 0.243 e. The molecule has 1 aliphatic heterocycles. The fraction of sp³-hybridized carbons (Fsp3) is 0.611. The molecule has 0 unspecified atom stereocenters. The Morgan fingerprint density at radius 2 is 1.92 bits per heavy atom.